The Labute approximate surface area is 229 Å². The van der Waals surface area contributed by atoms with Gasteiger partial charge in [0, 0.05) is 23.5 Å². The first-order chi connectivity index (χ1) is 17.7. The van der Waals surface area contributed by atoms with Gasteiger partial charge >= 0.3 is 0 Å². The van der Waals surface area contributed by atoms with E-state index < -0.39 is 6.04 Å². The molecule has 2 amide bonds. The van der Waals surface area contributed by atoms with Crippen molar-refractivity contribution in [1.82, 2.24) is 10.2 Å². The molecule has 37 heavy (non-hydrogen) atoms. The molecule has 0 heterocycles. The summed E-state index contributed by atoms with van der Waals surface area (Å²) in [4.78, 5) is 28.9. The maximum absolute atomic E-state index is 13.7. The topological polar surface area (TPSA) is 58.6 Å². The largest absolute Gasteiger partial charge is 0.484 e. The molecule has 0 saturated carbocycles. The first-order valence-corrected chi connectivity index (χ1v) is 13.6. The first kappa shape index (κ1) is 28.5. The number of nitrogens with zero attached hydrogens (tertiary/aromatic N) is 1. The van der Waals surface area contributed by atoms with Gasteiger partial charge in [-0.15, -0.1) is 0 Å². The predicted octanol–water partition coefficient (Wildman–Crippen LogP) is 6.31. The summed E-state index contributed by atoms with van der Waals surface area (Å²) in [5.74, 6) is 0.235. The lowest BCUT2D eigenvalue weighted by Gasteiger charge is -2.32. The van der Waals surface area contributed by atoms with E-state index >= 15 is 0 Å². The van der Waals surface area contributed by atoms with Gasteiger partial charge in [-0.05, 0) is 68.5 Å². The maximum atomic E-state index is 13.7. The van der Waals surface area contributed by atoms with E-state index in [4.69, 9.17) is 4.74 Å². The molecule has 0 unspecified atom stereocenters. The summed E-state index contributed by atoms with van der Waals surface area (Å²) >= 11 is 3.58. The van der Waals surface area contributed by atoms with Crippen LogP contribution in [0.3, 0.4) is 0 Å². The molecule has 3 aromatic carbocycles. The number of halogens is 1. The fraction of sp³-hybridized carbons (Fsp3) is 0.355. The molecule has 0 aliphatic rings. The van der Waals surface area contributed by atoms with E-state index in [1.807, 2.05) is 101 Å². The van der Waals surface area contributed by atoms with Gasteiger partial charge in [0.15, 0.2) is 6.61 Å². The predicted molar refractivity (Wildman–Crippen MR) is 153 cm³/mol. The SMILES string of the molecule is CC[C@@H](C)NC(=O)[C@@H](Cc1ccccc1)N(Cc1ccc(C)cc1)C(=O)COc1cc(C)c(Br)c(C)c1. The van der Waals surface area contributed by atoms with Crippen molar-refractivity contribution in [3.8, 4) is 5.75 Å². The van der Waals surface area contributed by atoms with Crippen LogP contribution in [0.15, 0.2) is 71.2 Å². The maximum Gasteiger partial charge on any atom is 0.261 e. The van der Waals surface area contributed by atoms with E-state index in [0.29, 0.717) is 18.7 Å². The van der Waals surface area contributed by atoms with Crippen LogP contribution in [0.5, 0.6) is 5.75 Å². The lowest BCUT2D eigenvalue weighted by atomic mass is 10.0. The molecular formula is C31H37BrN2O3. The Hall–Kier alpha value is -3.12. The summed E-state index contributed by atoms with van der Waals surface area (Å²) in [5, 5.41) is 3.10. The molecular weight excluding hydrogens is 528 g/mol. The zero-order valence-electron chi connectivity index (χ0n) is 22.4. The average Bonchev–Trinajstić information content (AvgIpc) is 2.89. The molecule has 0 saturated heterocycles. The number of nitrogens with one attached hydrogen (secondary N) is 1. The van der Waals surface area contributed by atoms with Crippen LogP contribution in [0, 0.1) is 20.8 Å². The van der Waals surface area contributed by atoms with Crippen molar-refractivity contribution in [3.05, 3.63) is 99.0 Å². The highest BCUT2D eigenvalue weighted by atomic mass is 79.9. The van der Waals surface area contributed by atoms with Crippen molar-refractivity contribution in [2.24, 2.45) is 0 Å². The van der Waals surface area contributed by atoms with Gasteiger partial charge in [0.25, 0.3) is 5.91 Å². The van der Waals surface area contributed by atoms with Crippen LogP contribution < -0.4 is 10.1 Å². The summed E-state index contributed by atoms with van der Waals surface area (Å²) in [6.07, 6.45) is 1.22. The van der Waals surface area contributed by atoms with Gasteiger partial charge in [-0.2, -0.15) is 0 Å². The standard InChI is InChI=1S/C31H37BrN2O3/c1-6-24(5)33-31(36)28(18-25-10-8-7-9-11-25)34(19-26-14-12-21(2)13-15-26)29(35)20-37-27-16-22(3)30(32)23(4)17-27/h7-17,24,28H,6,18-20H2,1-5H3,(H,33,36)/t24-,28-/m1/s1. The van der Waals surface area contributed by atoms with Crippen LogP contribution in [0.4, 0.5) is 0 Å². The Morgan fingerprint density at radius 2 is 1.57 bits per heavy atom. The Morgan fingerprint density at radius 3 is 2.16 bits per heavy atom. The lowest BCUT2D eigenvalue weighted by Crippen LogP contribution is -2.53. The Balaban J connectivity index is 1.92. The van der Waals surface area contributed by atoms with Gasteiger partial charge in [0.05, 0.1) is 0 Å². The second kappa shape index (κ2) is 13.4. The molecule has 3 rings (SSSR count). The number of amides is 2. The summed E-state index contributed by atoms with van der Waals surface area (Å²) < 4.78 is 6.99. The minimum absolute atomic E-state index is 0.00654. The Kier molecular flexibility index (Phi) is 10.3. The number of rotatable bonds is 11. The second-order valence-corrected chi connectivity index (χ2v) is 10.5. The highest BCUT2D eigenvalue weighted by molar-refractivity contribution is 9.10. The van der Waals surface area contributed by atoms with Crippen LogP contribution in [0.2, 0.25) is 0 Å². The van der Waals surface area contributed by atoms with E-state index in [9.17, 15) is 9.59 Å². The number of hydrogen-bond acceptors (Lipinski definition) is 3. The van der Waals surface area contributed by atoms with Gasteiger partial charge in [-0.25, -0.2) is 0 Å². The van der Waals surface area contributed by atoms with Crippen molar-refractivity contribution in [3.63, 3.8) is 0 Å². The third-order valence-electron chi connectivity index (χ3n) is 6.52. The molecule has 0 spiro atoms. The fourth-order valence-corrected chi connectivity index (χ4v) is 4.33. The third kappa shape index (κ3) is 8.19. The average molecular weight is 566 g/mol. The van der Waals surface area contributed by atoms with Gasteiger partial charge in [-0.1, -0.05) is 83.0 Å². The molecule has 0 aliphatic heterocycles. The third-order valence-corrected chi connectivity index (χ3v) is 7.77. The van der Waals surface area contributed by atoms with E-state index in [1.54, 1.807) is 4.90 Å². The molecule has 0 aliphatic carbocycles. The molecule has 5 nitrogen and oxygen atoms in total. The molecule has 0 radical (unpaired) electrons. The molecule has 1 N–H and O–H groups in total. The molecule has 3 aromatic rings. The highest BCUT2D eigenvalue weighted by Crippen LogP contribution is 2.26. The van der Waals surface area contributed by atoms with E-state index in [1.165, 1.54) is 0 Å². The molecule has 2 atom stereocenters. The zero-order chi connectivity index (χ0) is 26.9. The number of ether oxygens (including phenoxy) is 1. The Bertz CT molecular complexity index is 1170. The van der Waals surface area contributed by atoms with Crippen molar-refractivity contribution in [2.45, 2.75) is 66.1 Å². The van der Waals surface area contributed by atoms with E-state index in [0.717, 1.165) is 38.7 Å². The molecule has 0 bridgehead atoms. The second-order valence-electron chi connectivity index (χ2n) is 9.69. The number of carbonyl (C=O) groups excluding carboxylic acids is 2. The van der Waals surface area contributed by atoms with Gasteiger partial charge in [0.2, 0.25) is 5.91 Å². The van der Waals surface area contributed by atoms with E-state index in [-0.39, 0.29) is 24.5 Å². The van der Waals surface area contributed by atoms with Crippen LogP contribution in [-0.2, 0) is 22.6 Å². The summed E-state index contributed by atoms with van der Waals surface area (Å²) in [7, 11) is 0. The van der Waals surface area contributed by atoms with Crippen LogP contribution in [0.25, 0.3) is 0 Å². The quantitative estimate of drug-likeness (QED) is 0.297. The molecule has 0 aromatic heterocycles. The van der Waals surface area contributed by atoms with E-state index in [2.05, 4.69) is 21.2 Å². The number of carbonyl (C=O) groups is 2. The van der Waals surface area contributed by atoms with Crippen LogP contribution in [0.1, 0.15) is 48.1 Å². The number of benzene rings is 3. The smallest absolute Gasteiger partial charge is 0.261 e. The first-order valence-electron chi connectivity index (χ1n) is 12.8. The Morgan fingerprint density at radius 1 is 0.946 bits per heavy atom. The summed E-state index contributed by atoms with van der Waals surface area (Å²) in [6, 6.07) is 21.0. The van der Waals surface area contributed by atoms with Crippen molar-refractivity contribution in [2.75, 3.05) is 6.61 Å². The normalized spacial score (nSPS) is 12.5. The van der Waals surface area contributed by atoms with Crippen LogP contribution >= 0.6 is 15.9 Å². The molecule has 6 heteroatoms. The van der Waals surface area contributed by atoms with Crippen molar-refractivity contribution in [1.29, 1.82) is 0 Å². The van der Waals surface area contributed by atoms with Gasteiger partial charge in [0.1, 0.15) is 11.8 Å². The fourth-order valence-electron chi connectivity index (χ4n) is 4.10. The zero-order valence-corrected chi connectivity index (χ0v) is 24.0. The minimum atomic E-state index is -0.679. The van der Waals surface area contributed by atoms with Crippen LogP contribution in [-0.4, -0.2) is 35.4 Å². The minimum Gasteiger partial charge on any atom is -0.484 e. The summed E-state index contributed by atoms with van der Waals surface area (Å²) in [6.45, 7) is 10.2. The highest BCUT2D eigenvalue weighted by Gasteiger charge is 2.31. The summed E-state index contributed by atoms with van der Waals surface area (Å²) in [5.41, 5.74) is 5.17. The molecule has 196 valence electrons. The van der Waals surface area contributed by atoms with Gasteiger partial charge < -0.3 is 15.0 Å². The van der Waals surface area contributed by atoms with Gasteiger partial charge in [-0.3, -0.25) is 9.59 Å². The monoisotopic (exact) mass is 564 g/mol. The van der Waals surface area contributed by atoms with Crippen molar-refractivity contribution >= 4 is 27.7 Å². The number of hydrogen-bond donors (Lipinski definition) is 1. The lowest BCUT2D eigenvalue weighted by molar-refractivity contribution is -0.143. The van der Waals surface area contributed by atoms with Crippen molar-refractivity contribution < 1.29 is 14.3 Å². The molecule has 0 fully saturated rings. The number of aryl methyl sites for hydroxylation is 3.